The predicted molar refractivity (Wildman–Crippen MR) is 118 cm³/mol. The molecule has 1 heterocycles. The van der Waals surface area contributed by atoms with Gasteiger partial charge in [-0.05, 0) is 61.8 Å². The second-order valence-corrected chi connectivity index (χ2v) is 11.3. The van der Waals surface area contributed by atoms with Crippen LogP contribution in [0, 0.1) is 23.2 Å². The van der Waals surface area contributed by atoms with Gasteiger partial charge in [-0.15, -0.1) is 10.2 Å². The van der Waals surface area contributed by atoms with Gasteiger partial charge < -0.3 is 10.6 Å². The van der Waals surface area contributed by atoms with E-state index in [1.165, 1.54) is 42.4 Å². The maximum absolute atomic E-state index is 13.1. The monoisotopic (exact) mass is 442 g/mol. The van der Waals surface area contributed by atoms with Crippen LogP contribution in [0.5, 0.6) is 0 Å². The van der Waals surface area contributed by atoms with Gasteiger partial charge in [0.05, 0.1) is 11.2 Å². The third-order valence-corrected chi connectivity index (χ3v) is 8.78. The molecular weight excluding hydrogens is 416 g/mol. The molecule has 0 atom stereocenters. The lowest BCUT2D eigenvalue weighted by atomic mass is 9.49. The fourth-order valence-corrected chi connectivity index (χ4v) is 7.49. The number of rotatable bonds is 7. The number of nitrogens with zero attached hydrogens (tertiary/aromatic N) is 2. The third kappa shape index (κ3) is 4.25. The van der Waals surface area contributed by atoms with Crippen LogP contribution < -0.4 is 10.6 Å². The molecule has 4 aliphatic rings. The number of nitrogens with one attached hydrogen (secondary N) is 2. The second kappa shape index (κ2) is 8.30. The zero-order valence-corrected chi connectivity index (χ0v) is 18.4. The Bertz CT molecular complexity index is 895. The predicted octanol–water partition coefficient (Wildman–Crippen LogP) is 4.10. The molecule has 4 aliphatic carbocycles. The van der Waals surface area contributed by atoms with Crippen LogP contribution >= 0.6 is 23.1 Å². The molecule has 0 radical (unpaired) electrons. The van der Waals surface area contributed by atoms with Crippen molar-refractivity contribution in [3.05, 3.63) is 35.9 Å². The van der Waals surface area contributed by atoms with Gasteiger partial charge in [-0.3, -0.25) is 9.59 Å². The van der Waals surface area contributed by atoms with Crippen LogP contribution in [-0.4, -0.2) is 27.8 Å². The highest BCUT2D eigenvalue weighted by Gasteiger charge is 2.54. The number of amides is 2. The second-order valence-electron chi connectivity index (χ2n) is 9.08. The van der Waals surface area contributed by atoms with Crippen molar-refractivity contribution in [2.75, 3.05) is 11.1 Å². The van der Waals surface area contributed by atoms with Crippen LogP contribution in [0.15, 0.2) is 34.7 Å². The standard InChI is InChI=1S/C22H26N4O2S2/c27-18(23-12-14-4-2-1-3-5-14)13-29-21-26-25-20(30-21)24-19(28)22-9-15-6-16(10-22)8-17(7-15)11-22/h1-5,15-17H,6-13H2,(H,23,27)(H,24,25,28). The summed E-state index contributed by atoms with van der Waals surface area (Å²) in [5.74, 6) is 2.57. The van der Waals surface area contributed by atoms with E-state index in [4.69, 9.17) is 0 Å². The molecule has 1 aromatic heterocycles. The fraction of sp³-hybridized carbons (Fsp3) is 0.545. The van der Waals surface area contributed by atoms with E-state index in [0.717, 1.165) is 42.6 Å². The Morgan fingerprint density at radius 3 is 2.37 bits per heavy atom. The largest absolute Gasteiger partial charge is 0.351 e. The number of aromatic nitrogens is 2. The average Bonchev–Trinajstić information content (AvgIpc) is 3.18. The van der Waals surface area contributed by atoms with E-state index in [1.807, 2.05) is 30.3 Å². The highest BCUT2D eigenvalue weighted by Crippen LogP contribution is 2.60. The first-order valence-corrected chi connectivity index (χ1v) is 12.5. The summed E-state index contributed by atoms with van der Waals surface area (Å²) < 4.78 is 0.700. The molecule has 0 saturated heterocycles. The quantitative estimate of drug-likeness (QED) is 0.498. The molecule has 4 bridgehead atoms. The van der Waals surface area contributed by atoms with Gasteiger partial charge >= 0.3 is 0 Å². The van der Waals surface area contributed by atoms with E-state index in [0.29, 0.717) is 16.0 Å². The van der Waals surface area contributed by atoms with E-state index in [2.05, 4.69) is 20.8 Å². The van der Waals surface area contributed by atoms with Gasteiger partial charge in [0, 0.05) is 6.54 Å². The molecule has 0 spiro atoms. The van der Waals surface area contributed by atoms with Gasteiger partial charge in [0.1, 0.15) is 0 Å². The Morgan fingerprint density at radius 2 is 1.70 bits per heavy atom. The number of anilines is 1. The first-order valence-electron chi connectivity index (χ1n) is 10.7. The molecule has 0 unspecified atom stereocenters. The van der Waals surface area contributed by atoms with Gasteiger partial charge in [0.25, 0.3) is 0 Å². The van der Waals surface area contributed by atoms with E-state index >= 15 is 0 Å². The molecule has 1 aromatic carbocycles. The summed E-state index contributed by atoms with van der Waals surface area (Å²) >= 11 is 2.70. The summed E-state index contributed by atoms with van der Waals surface area (Å²) in [6, 6.07) is 9.83. The van der Waals surface area contributed by atoms with Gasteiger partial charge in [-0.1, -0.05) is 53.4 Å². The zero-order valence-electron chi connectivity index (χ0n) is 16.8. The summed E-state index contributed by atoms with van der Waals surface area (Å²) in [4.78, 5) is 25.2. The molecule has 2 aromatic rings. The lowest BCUT2D eigenvalue weighted by molar-refractivity contribution is -0.140. The van der Waals surface area contributed by atoms with Crippen LogP contribution in [0.2, 0.25) is 0 Å². The Balaban J connectivity index is 1.12. The first-order chi connectivity index (χ1) is 14.6. The lowest BCUT2D eigenvalue weighted by Crippen LogP contribution is -2.51. The maximum atomic E-state index is 13.1. The minimum atomic E-state index is -0.189. The van der Waals surface area contributed by atoms with Crippen molar-refractivity contribution in [3.8, 4) is 0 Å². The van der Waals surface area contributed by atoms with Gasteiger partial charge in [-0.2, -0.15) is 0 Å². The summed E-state index contributed by atoms with van der Waals surface area (Å²) in [7, 11) is 0. The number of hydrogen-bond donors (Lipinski definition) is 2. The average molecular weight is 443 g/mol. The molecule has 6 rings (SSSR count). The van der Waals surface area contributed by atoms with Crippen molar-refractivity contribution >= 4 is 40.0 Å². The maximum Gasteiger partial charge on any atom is 0.232 e. The number of hydrogen-bond acceptors (Lipinski definition) is 6. The van der Waals surface area contributed by atoms with Crippen molar-refractivity contribution in [2.24, 2.45) is 23.2 Å². The molecule has 4 saturated carbocycles. The summed E-state index contributed by atoms with van der Waals surface area (Å²) in [5.41, 5.74) is 0.881. The number of carbonyl (C=O) groups is 2. The van der Waals surface area contributed by atoms with Crippen LogP contribution in [0.4, 0.5) is 5.13 Å². The highest BCUT2D eigenvalue weighted by atomic mass is 32.2. The van der Waals surface area contributed by atoms with Crippen molar-refractivity contribution in [3.63, 3.8) is 0 Å². The van der Waals surface area contributed by atoms with Crippen LogP contribution in [0.1, 0.15) is 44.1 Å². The van der Waals surface area contributed by atoms with Crippen molar-refractivity contribution in [1.29, 1.82) is 0 Å². The SMILES string of the molecule is O=C(CSc1nnc(NC(=O)C23CC4CC(CC(C4)C2)C3)s1)NCc1ccccc1. The molecule has 0 aliphatic heterocycles. The van der Waals surface area contributed by atoms with Crippen molar-refractivity contribution < 1.29 is 9.59 Å². The molecule has 2 amide bonds. The number of benzene rings is 1. The Labute approximate surface area is 184 Å². The zero-order chi connectivity index (χ0) is 20.6. The molecule has 30 heavy (non-hydrogen) atoms. The van der Waals surface area contributed by atoms with Crippen molar-refractivity contribution in [2.45, 2.75) is 49.4 Å². The number of thioether (sulfide) groups is 1. The molecule has 158 valence electrons. The Kier molecular flexibility index (Phi) is 5.54. The Morgan fingerprint density at radius 1 is 1.03 bits per heavy atom. The van der Waals surface area contributed by atoms with Crippen LogP contribution in [-0.2, 0) is 16.1 Å². The molecule has 8 heteroatoms. The van der Waals surface area contributed by atoms with E-state index in [1.54, 1.807) is 0 Å². The van der Waals surface area contributed by atoms with E-state index in [9.17, 15) is 9.59 Å². The molecule has 6 nitrogen and oxygen atoms in total. The molecular formula is C22H26N4O2S2. The molecule has 4 fully saturated rings. The summed E-state index contributed by atoms with van der Waals surface area (Å²) in [6.45, 7) is 0.517. The third-order valence-electron chi connectivity index (χ3n) is 6.81. The van der Waals surface area contributed by atoms with Gasteiger partial charge in [-0.25, -0.2) is 0 Å². The van der Waals surface area contributed by atoms with Crippen LogP contribution in [0.3, 0.4) is 0 Å². The fourth-order valence-electron chi connectivity index (χ4n) is 5.91. The summed E-state index contributed by atoms with van der Waals surface area (Å²) in [6.07, 6.45) is 7.06. The van der Waals surface area contributed by atoms with Crippen molar-refractivity contribution in [1.82, 2.24) is 15.5 Å². The highest BCUT2D eigenvalue weighted by molar-refractivity contribution is 8.01. The number of carbonyl (C=O) groups excluding carboxylic acids is 2. The first kappa shape index (κ1) is 20.0. The normalized spacial score (nSPS) is 29.0. The Hall–Kier alpha value is -1.93. The lowest BCUT2D eigenvalue weighted by Gasteiger charge is -2.55. The minimum absolute atomic E-state index is 0.0433. The molecule has 2 N–H and O–H groups in total. The van der Waals surface area contributed by atoms with E-state index in [-0.39, 0.29) is 23.0 Å². The van der Waals surface area contributed by atoms with Gasteiger partial charge in [0.15, 0.2) is 4.34 Å². The van der Waals surface area contributed by atoms with Crippen LogP contribution in [0.25, 0.3) is 0 Å². The summed E-state index contributed by atoms with van der Waals surface area (Å²) in [5, 5.41) is 14.8. The van der Waals surface area contributed by atoms with Gasteiger partial charge in [0.2, 0.25) is 16.9 Å². The van der Waals surface area contributed by atoms with E-state index < -0.39 is 0 Å². The minimum Gasteiger partial charge on any atom is -0.351 e. The smallest absolute Gasteiger partial charge is 0.232 e. The topological polar surface area (TPSA) is 84.0 Å².